The van der Waals surface area contributed by atoms with Crippen molar-refractivity contribution in [1.29, 1.82) is 0 Å². The Bertz CT molecular complexity index is 35.0. The highest BCUT2D eigenvalue weighted by Gasteiger charge is 2.20. The van der Waals surface area contributed by atoms with Crippen LogP contribution in [0.25, 0.3) is 0 Å². The Morgan fingerprint density at radius 2 is 1.00 bits per heavy atom. The summed E-state index contributed by atoms with van der Waals surface area (Å²) >= 11 is 0. The Kier molecular flexibility index (Phi) is 6.60. The van der Waals surface area contributed by atoms with Crippen molar-refractivity contribution in [2.75, 3.05) is 0 Å². The highest BCUT2D eigenvalue weighted by Crippen LogP contribution is 2.06. The van der Waals surface area contributed by atoms with Crippen molar-refractivity contribution in [2.24, 2.45) is 0 Å². The molecule has 0 rings (SSSR count). The van der Waals surface area contributed by atoms with Crippen molar-refractivity contribution in [2.45, 2.75) is 20.3 Å². The largest absolute Gasteiger partial charge is 0.673 e. The third kappa shape index (κ3) is 2860. The zero-order valence-corrected chi connectivity index (χ0v) is 4.80. The summed E-state index contributed by atoms with van der Waals surface area (Å²) in [6, 6.07) is 0. The average Bonchev–Trinajstić information content (AvgIpc) is 1.27. The molecule has 52 valence electrons. The van der Waals surface area contributed by atoms with Gasteiger partial charge in [-0.25, -0.2) is 0 Å². The fraction of sp³-hybridized carbons (Fsp3) is 1.00. The molecule has 0 amide bonds. The van der Waals surface area contributed by atoms with E-state index in [9.17, 15) is 17.3 Å². The van der Waals surface area contributed by atoms with E-state index in [4.69, 9.17) is 0 Å². The Balaban J connectivity index is 0. The van der Waals surface area contributed by atoms with E-state index >= 15 is 0 Å². The fourth-order valence-electron chi connectivity index (χ4n) is 0. The summed E-state index contributed by atoms with van der Waals surface area (Å²) in [6.45, 7) is 4.25. The first-order valence-corrected chi connectivity index (χ1v) is 2.29. The van der Waals surface area contributed by atoms with E-state index in [2.05, 4.69) is 13.8 Å². The molecule has 0 spiro atoms. The second-order valence-electron chi connectivity index (χ2n) is 1.20. The van der Waals surface area contributed by atoms with Crippen LogP contribution in [0.3, 0.4) is 0 Å². The first-order valence-electron chi connectivity index (χ1n) is 2.29. The van der Waals surface area contributed by atoms with Gasteiger partial charge in [0.2, 0.25) is 0 Å². The maximum absolute atomic E-state index is 9.75. The summed E-state index contributed by atoms with van der Waals surface area (Å²) in [5, 5.41) is 0. The van der Waals surface area contributed by atoms with Gasteiger partial charge in [0.05, 0.1) is 0 Å². The van der Waals surface area contributed by atoms with E-state index in [1.807, 2.05) is 0 Å². The van der Waals surface area contributed by atoms with Gasteiger partial charge >= 0.3 is 7.25 Å². The maximum atomic E-state index is 9.75. The molecule has 0 aliphatic carbocycles. The lowest BCUT2D eigenvalue weighted by molar-refractivity contribution is 0.368. The van der Waals surface area contributed by atoms with Gasteiger partial charge in [0.25, 0.3) is 0 Å². The van der Waals surface area contributed by atoms with Crippen LogP contribution in [0.5, 0.6) is 0 Å². The van der Waals surface area contributed by atoms with Gasteiger partial charge in [0.1, 0.15) is 0 Å². The van der Waals surface area contributed by atoms with Crippen LogP contribution in [0, 0.1) is 0 Å². The second-order valence-corrected chi connectivity index (χ2v) is 1.20. The number of halogens is 4. The first-order chi connectivity index (χ1) is 3.41. The van der Waals surface area contributed by atoms with Crippen molar-refractivity contribution in [1.82, 2.24) is 0 Å². The van der Waals surface area contributed by atoms with Gasteiger partial charge in [-0.15, -0.1) is 0 Å². The molecule has 0 aromatic heterocycles. The minimum atomic E-state index is -6.00. The molecule has 0 radical (unpaired) electrons. The monoisotopic (exact) mass is 131 g/mol. The lowest BCUT2D eigenvalue weighted by Gasteiger charge is -1.94. The molecule has 0 atom stereocenters. The van der Waals surface area contributed by atoms with E-state index in [0.717, 1.165) is 0 Å². The molecule has 0 aromatic rings. The van der Waals surface area contributed by atoms with Crippen molar-refractivity contribution in [3.05, 3.63) is 0 Å². The van der Waals surface area contributed by atoms with Crippen LogP contribution >= 0.6 is 0 Å². The summed E-state index contributed by atoms with van der Waals surface area (Å²) in [6.07, 6.45) is 1.25. The molecule has 0 fully saturated rings. The molecule has 0 unspecified atom stereocenters. The zero-order chi connectivity index (χ0) is 7.21. The Morgan fingerprint density at radius 3 is 1.00 bits per heavy atom. The molecule has 0 nitrogen and oxygen atoms in total. The summed E-state index contributed by atoms with van der Waals surface area (Å²) in [5.41, 5.74) is 0. The normalized spacial score (nSPS) is 9.75. The summed E-state index contributed by atoms with van der Waals surface area (Å²) in [7, 11) is -6.00. The highest BCUT2D eigenvalue weighted by molar-refractivity contribution is 6.50. The van der Waals surface area contributed by atoms with E-state index in [1.54, 1.807) is 0 Å². The van der Waals surface area contributed by atoms with Gasteiger partial charge in [-0.2, -0.15) is 0 Å². The second kappa shape index (κ2) is 4.93. The third-order valence-corrected chi connectivity index (χ3v) is 0. The van der Waals surface area contributed by atoms with Crippen LogP contribution in [0.15, 0.2) is 0 Å². The Hall–Kier alpha value is -0.215. The molecular formula is C3H8BF4-. The fourth-order valence-corrected chi connectivity index (χ4v) is 0. The quantitative estimate of drug-likeness (QED) is 0.350. The number of hydrogen-bond donors (Lipinski definition) is 0. The van der Waals surface area contributed by atoms with Gasteiger partial charge < -0.3 is 17.3 Å². The third-order valence-electron chi connectivity index (χ3n) is 0. The first kappa shape index (κ1) is 10.7. The van der Waals surface area contributed by atoms with Crippen molar-refractivity contribution in [3.63, 3.8) is 0 Å². The van der Waals surface area contributed by atoms with E-state index in [-0.39, 0.29) is 0 Å². The Labute approximate surface area is 46.0 Å². The maximum Gasteiger partial charge on any atom is 0.673 e. The molecule has 5 heteroatoms. The zero-order valence-electron chi connectivity index (χ0n) is 4.80. The SMILES string of the molecule is CCC.F[B-](F)(F)F. The van der Waals surface area contributed by atoms with Crippen LogP contribution < -0.4 is 0 Å². The summed E-state index contributed by atoms with van der Waals surface area (Å²) in [4.78, 5) is 0. The lowest BCUT2D eigenvalue weighted by Crippen LogP contribution is -2.02. The highest BCUT2D eigenvalue weighted by atomic mass is 19.5. The van der Waals surface area contributed by atoms with Crippen LogP contribution in [0.1, 0.15) is 20.3 Å². The van der Waals surface area contributed by atoms with Gasteiger partial charge in [-0.1, -0.05) is 20.3 Å². The molecule has 0 aliphatic rings. The molecule has 0 N–H and O–H groups in total. The standard InChI is InChI=1S/C3H8.BF4/c1-3-2;2-1(3,4)5/h3H2,1-2H3;/q;-1. The molecule has 0 aromatic carbocycles. The van der Waals surface area contributed by atoms with Crippen LogP contribution in [0.4, 0.5) is 17.3 Å². The molecule has 0 heterocycles. The summed E-state index contributed by atoms with van der Waals surface area (Å²) in [5.74, 6) is 0. The number of rotatable bonds is 0. The minimum Gasteiger partial charge on any atom is -0.418 e. The van der Waals surface area contributed by atoms with Gasteiger partial charge in [0, 0.05) is 0 Å². The van der Waals surface area contributed by atoms with Crippen molar-refractivity contribution >= 4 is 7.25 Å². The smallest absolute Gasteiger partial charge is 0.418 e. The number of hydrogen-bond acceptors (Lipinski definition) is 0. The summed E-state index contributed by atoms with van der Waals surface area (Å²) < 4.78 is 39.0. The van der Waals surface area contributed by atoms with E-state index in [1.165, 1.54) is 6.42 Å². The van der Waals surface area contributed by atoms with Gasteiger partial charge in [0.15, 0.2) is 0 Å². The Morgan fingerprint density at radius 1 is 1.00 bits per heavy atom. The molecule has 0 saturated carbocycles. The molecular weight excluding hydrogens is 123 g/mol. The molecule has 8 heavy (non-hydrogen) atoms. The predicted octanol–water partition coefficient (Wildman–Crippen LogP) is 2.72. The van der Waals surface area contributed by atoms with Crippen LogP contribution in [0.2, 0.25) is 0 Å². The lowest BCUT2D eigenvalue weighted by atomic mass is 10.3. The van der Waals surface area contributed by atoms with E-state index in [0.29, 0.717) is 0 Å². The average molecular weight is 131 g/mol. The van der Waals surface area contributed by atoms with Crippen LogP contribution in [-0.4, -0.2) is 7.25 Å². The molecule has 0 saturated heterocycles. The van der Waals surface area contributed by atoms with Crippen molar-refractivity contribution < 1.29 is 17.3 Å². The van der Waals surface area contributed by atoms with Crippen molar-refractivity contribution in [3.8, 4) is 0 Å². The van der Waals surface area contributed by atoms with Crippen LogP contribution in [-0.2, 0) is 0 Å². The topological polar surface area (TPSA) is 0 Å². The molecule has 0 bridgehead atoms. The predicted molar refractivity (Wildman–Crippen MR) is 26.2 cm³/mol. The van der Waals surface area contributed by atoms with Gasteiger partial charge in [-0.05, 0) is 0 Å². The minimum absolute atomic E-state index is 1.25. The van der Waals surface area contributed by atoms with Gasteiger partial charge in [-0.3, -0.25) is 0 Å². The molecule has 0 aliphatic heterocycles. The van der Waals surface area contributed by atoms with E-state index < -0.39 is 7.25 Å².